The third-order valence-corrected chi connectivity index (χ3v) is 3.94. The maximum atomic E-state index is 8.78. The fraction of sp³-hybridized carbons (Fsp3) is 0.333. The Kier molecular flexibility index (Phi) is 3.04. The average molecular weight is 273 g/mol. The van der Waals surface area contributed by atoms with Crippen molar-refractivity contribution in [2.45, 2.75) is 19.3 Å². The maximum Gasteiger partial charge on any atom is 0.136 e. The number of aromatic nitrogens is 1. The quantitative estimate of drug-likeness (QED) is 0.792. The molecule has 3 nitrogen and oxygen atoms in total. The van der Waals surface area contributed by atoms with Crippen molar-refractivity contribution in [2.75, 3.05) is 6.61 Å². The van der Waals surface area contributed by atoms with E-state index in [0.717, 1.165) is 29.4 Å². The SMILES string of the molecule is N#CCC1(COc2ccc3c(Cl)nccc3c2)CC1. The molecule has 0 radical (unpaired) electrons. The molecule has 1 aliphatic rings. The summed E-state index contributed by atoms with van der Waals surface area (Å²) in [6.07, 6.45) is 4.44. The first-order valence-electron chi connectivity index (χ1n) is 6.27. The van der Waals surface area contributed by atoms with Gasteiger partial charge in [0.2, 0.25) is 0 Å². The summed E-state index contributed by atoms with van der Waals surface area (Å²) in [5, 5.41) is 11.2. The van der Waals surface area contributed by atoms with E-state index in [-0.39, 0.29) is 5.41 Å². The molecule has 0 aliphatic heterocycles. The second kappa shape index (κ2) is 4.71. The lowest BCUT2D eigenvalue weighted by atomic mass is 10.1. The summed E-state index contributed by atoms with van der Waals surface area (Å²) in [7, 11) is 0. The van der Waals surface area contributed by atoms with Gasteiger partial charge in [0, 0.05) is 23.4 Å². The Labute approximate surface area is 116 Å². The zero-order valence-electron chi connectivity index (χ0n) is 10.4. The first-order chi connectivity index (χ1) is 9.22. The summed E-state index contributed by atoms with van der Waals surface area (Å²) < 4.78 is 5.82. The molecule has 1 heterocycles. The third kappa shape index (κ3) is 2.50. The average Bonchev–Trinajstić information content (AvgIpc) is 3.17. The van der Waals surface area contributed by atoms with Crippen molar-refractivity contribution in [3.8, 4) is 11.8 Å². The minimum Gasteiger partial charge on any atom is -0.493 e. The first-order valence-corrected chi connectivity index (χ1v) is 6.64. The molecule has 0 amide bonds. The minimum atomic E-state index is 0.0968. The molecule has 0 spiro atoms. The van der Waals surface area contributed by atoms with Gasteiger partial charge in [-0.2, -0.15) is 5.26 Å². The van der Waals surface area contributed by atoms with Gasteiger partial charge in [0.05, 0.1) is 12.7 Å². The van der Waals surface area contributed by atoms with Crippen LogP contribution in [0.25, 0.3) is 10.8 Å². The number of rotatable bonds is 4. The normalized spacial score (nSPS) is 16.0. The number of benzene rings is 1. The molecule has 1 fully saturated rings. The van der Waals surface area contributed by atoms with Gasteiger partial charge in [0.15, 0.2) is 0 Å². The molecule has 0 unspecified atom stereocenters. The molecular formula is C15H13ClN2O. The van der Waals surface area contributed by atoms with Crippen LogP contribution in [0.3, 0.4) is 0 Å². The van der Waals surface area contributed by atoms with E-state index in [0.29, 0.717) is 18.2 Å². The van der Waals surface area contributed by atoms with Gasteiger partial charge in [-0.3, -0.25) is 0 Å². The molecule has 0 saturated heterocycles. The van der Waals surface area contributed by atoms with Crippen LogP contribution in [0.2, 0.25) is 5.15 Å². The van der Waals surface area contributed by atoms with E-state index in [1.165, 1.54) is 0 Å². The predicted octanol–water partition coefficient (Wildman–Crippen LogP) is 3.96. The standard InChI is InChI=1S/C15H13ClN2O/c16-14-13-2-1-12(9-11(13)3-8-18-14)19-10-15(4-5-15)6-7-17/h1-3,8-9H,4-6,10H2. The van der Waals surface area contributed by atoms with Crippen LogP contribution in [0.5, 0.6) is 5.75 Å². The fourth-order valence-electron chi connectivity index (χ4n) is 2.16. The summed E-state index contributed by atoms with van der Waals surface area (Å²) in [6, 6.07) is 9.94. The molecular weight excluding hydrogens is 260 g/mol. The van der Waals surface area contributed by atoms with Crippen molar-refractivity contribution in [2.24, 2.45) is 5.41 Å². The van der Waals surface area contributed by atoms with Crippen LogP contribution in [-0.2, 0) is 0 Å². The molecule has 0 N–H and O–H groups in total. The number of fused-ring (bicyclic) bond motifs is 1. The summed E-state index contributed by atoms with van der Waals surface area (Å²) in [5.41, 5.74) is 0.0968. The molecule has 0 atom stereocenters. The van der Waals surface area contributed by atoms with Crippen LogP contribution in [0.4, 0.5) is 0 Å². The number of hydrogen-bond acceptors (Lipinski definition) is 3. The van der Waals surface area contributed by atoms with Crippen LogP contribution >= 0.6 is 11.6 Å². The predicted molar refractivity (Wildman–Crippen MR) is 74.1 cm³/mol. The molecule has 1 aromatic heterocycles. The van der Waals surface area contributed by atoms with Gasteiger partial charge >= 0.3 is 0 Å². The number of ether oxygens (including phenoxy) is 1. The van der Waals surface area contributed by atoms with E-state index in [4.69, 9.17) is 21.6 Å². The molecule has 96 valence electrons. The second-order valence-electron chi connectivity index (χ2n) is 5.11. The van der Waals surface area contributed by atoms with Gasteiger partial charge in [-0.25, -0.2) is 4.98 Å². The molecule has 0 bridgehead atoms. The summed E-state index contributed by atoms with van der Waals surface area (Å²) in [5.74, 6) is 0.819. The van der Waals surface area contributed by atoms with Crippen molar-refractivity contribution in [3.05, 3.63) is 35.6 Å². The molecule has 2 aromatic rings. The highest BCUT2D eigenvalue weighted by Gasteiger charge is 2.43. The Morgan fingerprint density at radius 2 is 2.21 bits per heavy atom. The largest absolute Gasteiger partial charge is 0.493 e. The smallest absolute Gasteiger partial charge is 0.136 e. The zero-order chi connectivity index (χ0) is 13.3. The van der Waals surface area contributed by atoms with E-state index >= 15 is 0 Å². The number of nitrogens with zero attached hydrogens (tertiary/aromatic N) is 2. The van der Waals surface area contributed by atoms with Crippen molar-refractivity contribution in [1.82, 2.24) is 4.98 Å². The van der Waals surface area contributed by atoms with E-state index in [2.05, 4.69) is 11.1 Å². The van der Waals surface area contributed by atoms with Crippen LogP contribution in [0, 0.1) is 16.7 Å². The van der Waals surface area contributed by atoms with Gasteiger partial charge in [0.25, 0.3) is 0 Å². The van der Waals surface area contributed by atoms with E-state index in [9.17, 15) is 0 Å². The second-order valence-corrected chi connectivity index (χ2v) is 5.47. The van der Waals surface area contributed by atoms with Crippen molar-refractivity contribution < 1.29 is 4.74 Å². The summed E-state index contributed by atoms with van der Waals surface area (Å²) in [6.45, 7) is 0.616. The van der Waals surface area contributed by atoms with E-state index < -0.39 is 0 Å². The van der Waals surface area contributed by atoms with E-state index in [1.54, 1.807) is 6.20 Å². The fourth-order valence-corrected chi connectivity index (χ4v) is 2.39. The molecule has 1 aromatic carbocycles. The Bertz CT molecular complexity index is 659. The number of pyridine rings is 1. The molecule has 1 saturated carbocycles. The molecule has 4 heteroatoms. The Balaban J connectivity index is 1.77. The van der Waals surface area contributed by atoms with Gasteiger partial charge in [-0.15, -0.1) is 0 Å². The monoisotopic (exact) mass is 272 g/mol. The highest BCUT2D eigenvalue weighted by Crippen LogP contribution is 2.48. The van der Waals surface area contributed by atoms with Crippen LogP contribution in [-0.4, -0.2) is 11.6 Å². The Hall–Kier alpha value is -1.79. The number of hydrogen-bond donors (Lipinski definition) is 0. The van der Waals surface area contributed by atoms with Gasteiger partial charge in [-0.1, -0.05) is 11.6 Å². The summed E-state index contributed by atoms with van der Waals surface area (Å²) in [4.78, 5) is 4.05. The summed E-state index contributed by atoms with van der Waals surface area (Å²) >= 11 is 6.02. The van der Waals surface area contributed by atoms with E-state index in [1.807, 2.05) is 24.3 Å². The van der Waals surface area contributed by atoms with Crippen LogP contribution in [0.1, 0.15) is 19.3 Å². The van der Waals surface area contributed by atoms with Gasteiger partial charge < -0.3 is 4.74 Å². The van der Waals surface area contributed by atoms with Crippen molar-refractivity contribution in [3.63, 3.8) is 0 Å². The zero-order valence-corrected chi connectivity index (χ0v) is 11.2. The lowest BCUT2D eigenvalue weighted by Crippen LogP contribution is -2.12. The first kappa shape index (κ1) is 12.3. The Morgan fingerprint density at radius 1 is 1.37 bits per heavy atom. The highest BCUT2D eigenvalue weighted by molar-refractivity contribution is 6.34. The maximum absolute atomic E-state index is 8.78. The highest BCUT2D eigenvalue weighted by atomic mass is 35.5. The number of nitriles is 1. The lowest BCUT2D eigenvalue weighted by Gasteiger charge is -2.13. The minimum absolute atomic E-state index is 0.0968. The number of halogens is 1. The third-order valence-electron chi connectivity index (χ3n) is 3.64. The molecule has 19 heavy (non-hydrogen) atoms. The van der Waals surface area contributed by atoms with Gasteiger partial charge in [0.1, 0.15) is 10.9 Å². The Morgan fingerprint density at radius 3 is 2.95 bits per heavy atom. The van der Waals surface area contributed by atoms with Gasteiger partial charge in [-0.05, 0) is 42.5 Å². The van der Waals surface area contributed by atoms with Crippen molar-refractivity contribution in [1.29, 1.82) is 5.26 Å². The van der Waals surface area contributed by atoms with Crippen molar-refractivity contribution >= 4 is 22.4 Å². The topological polar surface area (TPSA) is 45.9 Å². The van der Waals surface area contributed by atoms with Crippen LogP contribution < -0.4 is 4.74 Å². The van der Waals surface area contributed by atoms with Crippen LogP contribution in [0.15, 0.2) is 30.5 Å². The molecule has 1 aliphatic carbocycles. The lowest BCUT2D eigenvalue weighted by molar-refractivity contribution is 0.237. The molecule has 3 rings (SSSR count).